The number of carbonyl (C=O) groups is 1. The van der Waals surface area contributed by atoms with Gasteiger partial charge in [-0.3, -0.25) is 10.1 Å². The molecule has 0 aliphatic rings. The van der Waals surface area contributed by atoms with E-state index in [4.69, 9.17) is 4.74 Å². The molecule has 0 heterocycles. The third-order valence-electron chi connectivity index (χ3n) is 2.57. The van der Waals surface area contributed by atoms with Crippen LogP contribution in [0.2, 0.25) is 0 Å². The smallest absolute Gasteiger partial charge is 0.338 e. The van der Waals surface area contributed by atoms with Gasteiger partial charge in [0.1, 0.15) is 0 Å². The van der Waals surface area contributed by atoms with Crippen LogP contribution in [0.1, 0.15) is 17.3 Å². The number of fused-ring (bicyclic) bond motifs is 1. The maximum Gasteiger partial charge on any atom is 0.338 e. The van der Waals surface area contributed by atoms with Crippen LogP contribution in [0.25, 0.3) is 10.8 Å². The van der Waals surface area contributed by atoms with E-state index >= 15 is 0 Å². The number of esters is 1. The van der Waals surface area contributed by atoms with Crippen LogP contribution in [0, 0.1) is 10.1 Å². The van der Waals surface area contributed by atoms with E-state index < -0.39 is 10.9 Å². The van der Waals surface area contributed by atoms with E-state index in [0.29, 0.717) is 22.9 Å². The van der Waals surface area contributed by atoms with E-state index in [-0.39, 0.29) is 5.69 Å². The van der Waals surface area contributed by atoms with Gasteiger partial charge in [-0.25, -0.2) is 4.79 Å². The van der Waals surface area contributed by atoms with E-state index in [1.807, 2.05) is 0 Å². The lowest BCUT2D eigenvalue weighted by Gasteiger charge is -2.05. The molecule has 2 aromatic carbocycles. The molecular formula is C13H11NO4. The van der Waals surface area contributed by atoms with Gasteiger partial charge < -0.3 is 4.74 Å². The van der Waals surface area contributed by atoms with E-state index in [2.05, 4.69) is 0 Å². The van der Waals surface area contributed by atoms with Crippen molar-refractivity contribution in [3.63, 3.8) is 0 Å². The molecule has 0 spiro atoms. The Morgan fingerprint density at radius 1 is 1.33 bits per heavy atom. The molecule has 18 heavy (non-hydrogen) atoms. The number of ether oxygens (including phenoxy) is 1. The van der Waals surface area contributed by atoms with Crippen LogP contribution in [0.5, 0.6) is 0 Å². The molecule has 5 nitrogen and oxygen atoms in total. The molecule has 0 aromatic heterocycles. The molecule has 0 aliphatic carbocycles. The topological polar surface area (TPSA) is 69.4 Å². The van der Waals surface area contributed by atoms with Crippen molar-refractivity contribution in [3.05, 3.63) is 52.1 Å². The van der Waals surface area contributed by atoms with Gasteiger partial charge >= 0.3 is 5.97 Å². The zero-order valence-electron chi connectivity index (χ0n) is 9.75. The molecule has 0 bridgehead atoms. The number of carbonyl (C=O) groups excluding carboxylic acids is 1. The summed E-state index contributed by atoms with van der Waals surface area (Å²) in [5.74, 6) is -0.419. The minimum atomic E-state index is -0.462. The van der Waals surface area contributed by atoms with Crippen molar-refractivity contribution < 1.29 is 14.5 Å². The first-order valence-electron chi connectivity index (χ1n) is 5.47. The average molecular weight is 245 g/mol. The van der Waals surface area contributed by atoms with Gasteiger partial charge in [-0.05, 0) is 29.8 Å². The number of nitro benzene ring substituents is 1. The molecule has 2 rings (SSSR count). The standard InChI is InChI=1S/C13H11NO4/c1-2-18-13(15)12-5-3-4-9-8-10(14(16)17)6-7-11(9)12/h3-8H,2H2,1H3. The number of rotatable bonds is 3. The van der Waals surface area contributed by atoms with Gasteiger partial charge in [-0.15, -0.1) is 0 Å². The minimum Gasteiger partial charge on any atom is -0.462 e. The highest BCUT2D eigenvalue weighted by Crippen LogP contribution is 2.24. The van der Waals surface area contributed by atoms with Crippen molar-refractivity contribution in [2.75, 3.05) is 6.61 Å². The summed E-state index contributed by atoms with van der Waals surface area (Å²) in [6.07, 6.45) is 0. The molecule has 0 saturated carbocycles. The van der Waals surface area contributed by atoms with E-state index in [0.717, 1.165) is 0 Å². The molecule has 5 heteroatoms. The van der Waals surface area contributed by atoms with Crippen LogP contribution in [0.3, 0.4) is 0 Å². The lowest BCUT2D eigenvalue weighted by Crippen LogP contribution is -2.05. The zero-order valence-corrected chi connectivity index (χ0v) is 9.75. The van der Waals surface area contributed by atoms with Crippen molar-refractivity contribution >= 4 is 22.4 Å². The molecule has 0 radical (unpaired) electrons. The Hall–Kier alpha value is -2.43. The van der Waals surface area contributed by atoms with Crippen LogP contribution in [0.15, 0.2) is 36.4 Å². The fraction of sp³-hybridized carbons (Fsp3) is 0.154. The Morgan fingerprint density at radius 3 is 2.78 bits per heavy atom. The number of non-ortho nitro benzene ring substituents is 1. The molecule has 0 aliphatic heterocycles. The van der Waals surface area contributed by atoms with Gasteiger partial charge in [0.05, 0.1) is 17.1 Å². The summed E-state index contributed by atoms with van der Waals surface area (Å²) in [5.41, 5.74) is 0.424. The predicted octanol–water partition coefficient (Wildman–Crippen LogP) is 2.92. The first kappa shape index (κ1) is 12.0. The molecule has 0 saturated heterocycles. The second-order valence-corrected chi connectivity index (χ2v) is 3.69. The first-order valence-corrected chi connectivity index (χ1v) is 5.47. The highest BCUT2D eigenvalue weighted by Gasteiger charge is 2.13. The molecule has 92 valence electrons. The fourth-order valence-electron chi connectivity index (χ4n) is 1.77. The second kappa shape index (κ2) is 4.83. The monoisotopic (exact) mass is 245 g/mol. The van der Waals surface area contributed by atoms with Gasteiger partial charge in [-0.2, -0.15) is 0 Å². The fourth-order valence-corrected chi connectivity index (χ4v) is 1.77. The average Bonchev–Trinajstić information content (AvgIpc) is 2.37. The molecule has 0 N–H and O–H groups in total. The predicted molar refractivity (Wildman–Crippen MR) is 66.6 cm³/mol. The molecule has 0 unspecified atom stereocenters. The Morgan fingerprint density at radius 2 is 2.11 bits per heavy atom. The number of hydrogen-bond donors (Lipinski definition) is 0. The summed E-state index contributed by atoms with van der Waals surface area (Å²) < 4.78 is 4.94. The lowest BCUT2D eigenvalue weighted by molar-refractivity contribution is -0.384. The van der Waals surface area contributed by atoms with E-state index in [9.17, 15) is 14.9 Å². The van der Waals surface area contributed by atoms with Crippen LogP contribution in [-0.4, -0.2) is 17.5 Å². The molecule has 2 aromatic rings. The Kier molecular flexibility index (Phi) is 3.23. The summed E-state index contributed by atoms with van der Waals surface area (Å²) in [5, 5.41) is 12.0. The molecule has 0 fully saturated rings. The maximum atomic E-state index is 11.7. The summed E-state index contributed by atoms with van der Waals surface area (Å²) >= 11 is 0. The third kappa shape index (κ3) is 2.15. The van der Waals surface area contributed by atoms with Crippen LogP contribution in [-0.2, 0) is 4.74 Å². The number of benzene rings is 2. The summed E-state index contributed by atoms with van der Waals surface area (Å²) in [4.78, 5) is 21.9. The summed E-state index contributed by atoms with van der Waals surface area (Å²) in [7, 11) is 0. The van der Waals surface area contributed by atoms with Gasteiger partial charge in [0.25, 0.3) is 5.69 Å². The first-order chi connectivity index (χ1) is 8.63. The van der Waals surface area contributed by atoms with E-state index in [1.54, 1.807) is 31.2 Å². The molecular weight excluding hydrogens is 234 g/mol. The Labute approximate surface area is 103 Å². The number of nitrogens with zero attached hydrogens (tertiary/aromatic N) is 1. The van der Waals surface area contributed by atoms with Crippen molar-refractivity contribution in [3.8, 4) is 0 Å². The van der Waals surface area contributed by atoms with E-state index in [1.165, 1.54) is 12.1 Å². The molecule has 0 atom stereocenters. The third-order valence-corrected chi connectivity index (χ3v) is 2.57. The highest BCUT2D eigenvalue weighted by atomic mass is 16.6. The summed E-state index contributed by atoms with van der Waals surface area (Å²) in [6, 6.07) is 9.44. The van der Waals surface area contributed by atoms with Gasteiger partial charge in [0.15, 0.2) is 0 Å². The highest BCUT2D eigenvalue weighted by molar-refractivity contribution is 6.04. The number of nitro groups is 1. The largest absolute Gasteiger partial charge is 0.462 e. The van der Waals surface area contributed by atoms with Crippen molar-refractivity contribution in [1.29, 1.82) is 0 Å². The van der Waals surface area contributed by atoms with Crippen molar-refractivity contribution in [1.82, 2.24) is 0 Å². The SMILES string of the molecule is CCOC(=O)c1cccc2cc([N+](=O)[O-])ccc12. The Balaban J connectivity index is 2.57. The van der Waals surface area contributed by atoms with Crippen LogP contribution in [0.4, 0.5) is 5.69 Å². The van der Waals surface area contributed by atoms with Crippen LogP contribution >= 0.6 is 0 Å². The minimum absolute atomic E-state index is 0.00325. The van der Waals surface area contributed by atoms with Gasteiger partial charge in [-0.1, -0.05) is 12.1 Å². The summed E-state index contributed by atoms with van der Waals surface area (Å²) in [6.45, 7) is 2.02. The quantitative estimate of drug-likeness (QED) is 0.473. The van der Waals surface area contributed by atoms with Crippen molar-refractivity contribution in [2.45, 2.75) is 6.92 Å². The zero-order chi connectivity index (χ0) is 13.1. The van der Waals surface area contributed by atoms with Crippen molar-refractivity contribution in [2.24, 2.45) is 0 Å². The second-order valence-electron chi connectivity index (χ2n) is 3.69. The lowest BCUT2D eigenvalue weighted by atomic mass is 10.0. The normalized spacial score (nSPS) is 10.3. The molecule has 0 amide bonds. The van der Waals surface area contributed by atoms with Crippen LogP contribution < -0.4 is 0 Å². The van der Waals surface area contributed by atoms with Gasteiger partial charge in [0, 0.05) is 12.1 Å². The Bertz CT molecular complexity index is 621. The van der Waals surface area contributed by atoms with Gasteiger partial charge in [0.2, 0.25) is 0 Å². The maximum absolute atomic E-state index is 11.7. The number of hydrogen-bond acceptors (Lipinski definition) is 4.